The molecular weight excluding hydrogens is 330 g/mol. The van der Waals surface area contributed by atoms with Crippen LogP contribution in [0.5, 0.6) is 5.75 Å². The van der Waals surface area contributed by atoms with Crippen LogP contribution in [0.2, 0.25) is 0 Å². The van der Waals surface area contributed by atoms with Crippen LogP contribution >= 0.6 is 0 Å². The van der Waals surface area contributed by atoms with E-state index in [0.717, 1.165) is 43.7 Å². The molecule has 0 unspecified atom stereocenters. The van der Waals surface area contributed by atoms with E-state index < -0.39 is 0 Å². The third-order valence-electron chi connectivity index (χ3n) is 5.63. The zero-order valence-electron chi connectivity index (χ0n) is 16.0. The van der Waals surface area contributed by atoms with Crippen LogP contribution in [0.15, 0.2) is 18.2 Å². The highest BCUT2D eigenvalue weighted by atomic mass is 16.5. The van der Waals surface area contributed by atoms with Crippen LogP contribution in [0, 0.1) is 6.92 Å². The van der Waals surface area contributed by atoms with Gasteiger partial charge in [0, 0.05) is 37.3 Å². The predicted octanol–water partition coefficient (Wildman–Crippen LogP) is 1.77. The molecule has 26 heavy (non-hydrogen) atoms. The zero-order chi connectivity index (χ0) is 18.7. The van der Waals surface area contributed by atoms with Crippen LogP contribution in [-0.4, -0.2) is 79.4 Å². The molecule has 1 atom stereocenters. The van der Waals surface area contributed by atoms with Crippen molar-refractivity contribution >= 4 is 11.8 Å². The molecule has 2 amide bonds. The first-order valence-electron chi connectivity index (χ1n) is 9.45. The van der Waals surface area contributed by atoms with Crippen molar-refractivity contribution in [3.8, 4) is 5.75 Å². The molecule has 1 aromatic carbocycles. The summed E-state index contributed by atoms with van der Waals surface area (Å²) in [6.07, 6.45) is 2.84. The highest BCUT2D eigenvalue weighted by Gasteiger charge is 2.32. The number of nitrogens with zero attached hydrogens (tertiary/aromatic N) is 3. The quantitative estimate of drug-likeness (QED) is 0.825. The summed E-state index contributed by atoms with van der Waals surface area (Å²) < 4.78 is 5.34. The van der Waals surface area contributed by atoms with Crippen molar-refractivity contribution in [2.24, 2.45) is 0 Å². The fraction of sp³-hybridized carbons (Fsp3) is 0.600. The molecule has 0 bridgehead atoms. The van der Waals surface area contributed by atoms with Crippen molar-refractivity contribution in [2.45, 2.75) is 32.2 Å². The van der Waals surface area contributed by atoms with Crippen molar-refractivity contribution in [3.05, 3.63) is 29.3 Å². The summed E-state index contributed by atoms with van der Waals surface area (Å²) in [5.74, 6) is 0.970. The molecule has 2 heterocycles. The van der Waals surface area contributed by atoms with E-state index >= 15 is 0 Å². The molecule has 0 radical (unpaired) electrons. The lowest BCUT2D eigenvalue weighted by Gasteiger charge is -2.27. The molecule has 6 nitrogen and oxygen atoms in total. The Hall–Kier alpha value is -2.08. The van der Waals surface area contributed by atoms with Crippen LogP contribution < -0.4 is 4.74 Å². The lowest BCUT2D eigenvalue weighted by molar-refractivity contribution is -0.135. The maximum atomic E-state index is 13.0. The summed E-state index contributed by atoms with van der Waals surface area (Å²) in [5.41, 5.74) is 1.55. The van der Waals surface area contributed by atoms with Gasteiger partial charge in [0.1, 0.15) is 5.75 Å². The van der Waals surface area contributed by atoms with Crippen molar-refractivity contribution < 1.29 is 14.3 Å². The fourth-order valence-corrected chi connectivity index (χ4v) is 4.01. The molecule has 1 aromatic rings. The Morgan fingerprint density at radius 3 is 2.46 bits per heavy atom. The van der Waals surface area contributed by atoms with E-state index in [1.807, 2.05) is 42.0 Å². The number of amides is 2. The van der Waals surface area contributed by atoms with E-state index in [2.05, 4.69) is 4.90 Å². The predicted molar refractivity (Wildman–Crippen MR) is 100 cm³/mol. The first-order chi connectivity index (χ1) is 12.5. The van der Waals surface area contributed by atoms with E-state index in [4.69, 9.17) is 4.74 Å². The molecule has 0 aromatic heterocycles. The van der Waals surface area contributed by atoms with Gasteiger partial charge in [-0.05, 0) is 51.9 Å². The van der Waals surface area contributed by atoms with Gasteiger partial charge in [-0.3, -0.25) is 14.5 Å². The standard InChI is InChI=1S/C20H29N3O3/c1-15-16(7-4-9-18(15)26-3)19(24)22-11-6-12-23(14-13-22)20(25)17-8-5-10-21(17)2/h4,7,9,17H,5-6,8,10-14H2,1-3H3/t17-/m0/s1. The van der Waals surface area contributed by atoms with Crippen molar-refractivity contribution in [1.29, 1.82) is 0 Å². The van der Waals surface area contributed by atoms with E-state index in [-0.39, 0.29) is 17.9 Å². The van der Waals surface area contributed by atoms with Crippen LogP contribution in [0.25, 0.3) is 0 Å². The molecule has 2 saturated heterocycles. The molecule has 2 fully saturated rings. The van der Waals surface area contributed by atoms with Gasteiger partial charge in [0.05, 0.1) is 13.2 Å². The number of benzene rings is 1. The monoisotopic (exact) mass is 359 g/mol. The second-order valence-electron chi connectivity index (χ2n) is 7.24. The number of carbonyl (C=O) groups is 2. The Balaban J connectivity index is 1.67. The lowest BCUT2D eigenvalue weighted by atomic mass is 10.1. The maximum Gasteiger partial charge on any atom is 0.254 e. The summed E-state index contributed by atoms with van der Waals surface area (Å²) in [5, 5.41) is 0. The minimum absolute atomic E-state index is 0.0119. The van der Waals surface area contributed by atoms with Crippen molar-refractivity contribution in [2.75, 3.05) is 46.9 Å². The summed E-state index contributed by atoms with van der Waals surface area (Å²) in [7, 11) is 3.64. The number of likely N-dealkylation sites (N-methyl/N-ethyl adjacent to an activating group) is 1. The van der Waals surface area contributed by atoms with Gasteiger partial charge in [0.25, 0.3) is 5.91 Å². The largest absolute Gasteiger partial charge is 0.496 e. The van der Waals surface area contributed by atoms with Crippen molar-refractivity contribution in [3.63, 3.8) is 0 Å². The Kier molecular flexibility index (Phi) is 5.81. The van der Waals surface area contributed by atoms with Gasteiger partial charge in [-0.25, -0.2) is 0 Å². The van der Waals surface area contributed by atoms with Crippen LogP contribution in [-0.2, 0) is 4.79 Å². The molecule has 0 N–H and O–H groups in total. The van der Waals surface area contributed by atoms with Crippen LogP contribution in [0.4, 0.5) is 0 Å². The first-order valence-corrected chi connectivity index (χ1v) is 9.45. The maximum absolute atomic E-state index is 13.0. The topological polar surface area (TPSA) is 53.1 Å². The number of rotatable bonds is 3. The van der Waals surface area contributed by atoms with Crippen molar-refractivity contribution in [1.82, 2.24) is 14.7 Å². The molecule has 6 heteroatoms. The summed E-state index contributed by atoms with van der Waals surface area (Å²) in [6.45, 7) is 5.50. The van der Waals surface area contributed by atoms with Gasteiger partial charge in [-0.15, -0.1) is 0 Å². The Morgan fingerprint density at radius 2 is 1.77 bits per heavy atom. The van der Waals surface area contributed by atoms with Gasteiger partial charge in [-0.1, -0.05) is 6.07 Å². The SMILES string of the molecule is COc1cccc(C(=O)N2CCCN(C(=O)[C@@H]3CCCN3C)CC2)c1C. The average molecular weight is 359 g/mol. The molecule has 2 aliphatic rings. The Bertz CT molecular complexity index is 676. The number of ether oxygens (including phenoxy) is 1. The number of hydrogen-bond donors (Lipinski definition) is 0. The number of carbonyl (C=O) groups excluding carboxylic acids is 2. The smallest absolute Gasteiger partial charge is 0.254 e. The second kappa shape index (κ2) is 8.08. The fourth-order valence-electron chi connectivity index (χ4n) is 4.01. The van der Waals surface area contributed by atoms with Gasteiger partial charge < -0.3 is 14.5 Å². The first kappa shape index (κ1) is 18.7. The summed E-state index contributed by atoms with van der Waals surface area (Å²) in [4.78, 5) is 31.8. The Morgan fingerprint density at radius 1 is 1.04 bits per heavy atom. The summed E-state index contributed by atoms with van der Waals surface area (Å²) in [6, 6.07) is 5.58. The van der Waals surface area contributed by atoms with Gasteiger partial charge in [0.15, 0.2) is 0 Å². The normalized spacial score (nSPS) is 21.6. The lowest BCUT2D eigenvalue weighted by Crippen LogP contribution is -2.46. The average Bonchev–Trinajstić information content (AvgIpc) is 2.92. The van der Waals surface area contributed by atoms with Crippen LogP contribution in [0.1, 0.15) is 35.2 Å². The number of hydrogen-bond acceptors (Lipinski definition) is 4. The number of methoxy groups -OCH3 is 1. The highest BCUT2D eigenvalue weighted by Crippen LogP contribution is 2.23. The van der Waals surface area contributed by atoms with E-state index in [9.17, 15) is 9.59 Å². The third-order valence-corrected chi connectivity index (χ3v) is 5.63. The highest BCUT2D eigenvalue weighted by molar-refractivity contribution is 5.96. The van der Waals surface area contributed by atoms with E-state index in [1.54, 1.807) is 7.11 Å². The molecule has 0 aliphatic carbocycles. The Labute approximate surface area is 155 Å². The minimum Gasteiger partial charge on any atom is -0.496 e. The van der Waals surface area contributed by atoms with Gasteiger partial charge in [-0.2, -0.15) is 0 Å². The van der Waals surface area contributed by atoms with E-state index in [1.165, 1.54) is 0 Å². The molecular formula is C20H29N3O3. The summed E-state index contributed by atoms with van der Waals surface area (Å²) >= 11 is 0. The number of likely N-dealkylation sites (tertiary alicyclic amines) is 1. The third kappa shape index (κ3) is 3.70. The van der Waals surface area contributed by atoms with E-state index in [0.29, 0.717) is 25.2 Å². The van der Waals surface area contributed by atoms with Gasteiger partial charge >= 0.3 is 0 Å². The molecule has 142 valence electrons. The molecule has 0 saturated carbocycles. The minimum atomic E-state index is 0.0119. The molecule has 0 spiro atoms. The molecule has 2 aliphatic heterocycles. The zero-order valence-corrected chi connectivity index (χ0v) is 16.0. The van der Waals surface area contributed by atoms with Crippen LogP contribution in [0.3, 0.4) is 0 Å². The van der Waals surface area contributed by atoms with Gasteiger partial charge in [0.2, 0.25) is 5.91 Å². The second-order valence-corrected chi connectivity index (χ2v) is 7.24. The molecule has 3 rings (SSSR count).